The Kier molecular flexibility index (Phi) is 14.9. The summed E-state index contributed by atoms with van der Waals surface area (Å²) in [6, 6.07) is 0.882. The van der Waals surface area contributed by atoms with E-state index >= 15 is 0 Å². The first-order chi connectivity index (χ1) is 8.65. The lowest BCUT2D eigenvalue weighted by atomic mass is 9.94. The van der Waals surface area contributed by atoms with Gasteiger partial charge in [0.25, 0.3) is 0 Å². The standard InChI is InChI=1S/2C7H15NO.2ClH/c2*1-9-7-4-2-6(8)3-5-7;;/h2*6-7H,2-5,8H2,1H3;2*1H. The molecule has 0 atom stereocenters. The molecule has 0 unspecified atom stereocenters. The minimum atomic E-state index is 0. The molecule has 0 aromatic carbocycles. The maximum absolute atomic E-state index is 5.70. The molecule has 2 rings (SSSR count). The second-order valence-electron chi connectivity index (χ2n) is 5.54. The van der Waals surface area contributed by atoms with Crippen molar-refractivity contribution in [1.82, 2.24) is 0 Å². The highest BCUT2D eigenvalue weighted by molar-refractivity contribution is 5.85. The first kappa shape index (κ1) is 22.7. The zero-order chi connectivity index (χ0) is 13.4. The highest BCUT2D eigenvalue weighted by atomic mass is 35.5. The minimum absolute atomic E-state index is 0. The molecule has 0 bridgehead atoms. The van der Waals surface area contributed by atoms with Crippen LogP contribution in [0.5, 0.6) is 0 Å². The molecular weight excluding hydrogens is 299 g/mol. The molecule has 124 valence electrons. The smallest absolute Gasteiger partial charge is 0.0572 e. The normalized spacial score (nSPS) is 33.0. The van der Waals surface area contributed by atoms with Crippen molar-refractivity contribution >= 4 is 24.8 Å². The van der Waals surface area contributed by atoms with Crippen LogP contribution in [0.15, 0.2) is 0 Å². The second-order valence-corrected chi connectivity index (χ2v) is 5.54. The molecule has 0 heterocycles. The van der Waals surface area contributed by atoms with Gasteiger partial charge < -0.3 is 20.9 Å². The Morgan fingerprint density at radius 1 is 0.600 bits per heavy atom. The van der Waals surface area contributed by atoms with E-state index in [1.54, 1.807) is 14.2 Å². The summed E-state index contributed by atoms with van der Waals surface area (Å²) >= 11 is 0. The SMILES string of the molecule is COC1CCC(N)CC1.COC1CCC(N)CC1.Cl.Cl. The van der Waals surface area contributed by atoms with Gasteiger partial charge in [-0.25, -0.2) is 0 Å². The van der Waals surface area contributed by atoms with Crippen molar-refractivity contribution in [2.45, 2.75) is 75.7 Å². The van der Waals surface area contributed by atoms with E-state index < -0.39 is 0 Å². The number of methoxy groups -OCH3 is 2. The van der Waals surface area contributed by atoms with Gasteiger partial charge in [0.05, 0.1) is 12.2 Å². The van der Waals surface area contributed by atoms with Gasteiger partial charge in [-0.2, -0.15) is 0 Å². The molecule has 4 N–H and O–H groups in total. The Labute approximate surface area is 136 Å². The first-order valence-electron chi connectivity index (χ1n) is 7.22. The zero-order valence-corrected chi connectivity index (χ0v) is 14.4. The lowest BCUT2D eigenvalue weighted by molar-refractivity contribution is 0.0664. The molecule has 0 radical (unpaired) electrons. The Morgan fingerprint density at radius 3 is 1.05 bits per heavy atom. The quantitative estimate of drug-likeness (QED) is 0.816. The summed E-state index contributed by atoms with van der Waals surface area (Å²) < 4.78 is 10.4. The summed E-state index contributed by atoms with van der Waals surface area (Å²) in [5, 5.41) is 0. The van der Waals surface area contributed by atoms with Crippen molar-refractivity contribution in [2.75, 3.05) is 14.2 Å². The predicted molar refractivity (Wildman–Crippen MR) is 89.0 cm³/mol. The van der Waals surface area contributed by atoms with Crippen LogP contribution in [-0.4, -0.2) is 38.5 Å². The second kappa shape index (κ2) is 13.1. The molecule has 4 nitrogen and oxygen atoms in total. The molecule has 0 spiro atoms. The van der Waals surface area contributed by atoms with Crippen molar-refractivity contribution in [1.29, 1.82) is 0 Å². The molecule has 0 aromatic heterocycles. The largest absolute Gasteiger partial charge is 0.381 e. The number of hydrogen-bond acceptors (Lipinski definition) is 4. The lowest BCUT2D eigenvalue weighted by Gasteiger charge is -2.24. The summed E-state index contributed by atoms with van der Waals surface area (Å²) in [5.41, 5.74) is 11.4. The fraction of sp³-hybridized carbons (Fsp3) is 1.00. The van der Waals surface area contributed by atoms with Gasteiger partial charge >= 0.3 is 0 Å². The van der Waals surface area contributed by atoms with Crippen LogP contribution in [0.1, 0.15) is 51.4 Å². The maximum Gasteiger partial charge on any atom is 0.0572 e. The van der Waals surface area contributed by atoms with Crippen LogP contribution in [0, 0.1) is 0 Å². The summed E-state index contributed by atoms with van der Waals surface area (Å²) in [4.78, 5) is 0. The van der Waals surface area contributed by atoms with Crippen LogP contribution in [-0.2, 0) is 9.47 Å². The van der Waals surface area contributed by atoms with Gasteiger partial charge in [-0.3, -0.25) is 0 Å². The van der Waals surface area contributed by atoms with E-state index in [0.717, 1.165) is 51.4 Å². The van der Waals surface area contributed by atoms with E-state index in [1.807, 2.05) is 0 Å². The third-order valence-corrected chi connectivity index (χ3v) is 4.10. The average Bonchev–Trinajstić information content (AvgIpc) is 2.41. The molecule has 2 aliphatic rings. The number of nitrogens with two attached hydrogens (primary N) is 2. The molecule has 2 saturated carbocycles. The maximum atomic E-state index is 5.70. The van der Waals surface area contributed by atoms with E-state index in [1.165, 1.54) is 0 Å². The molecular formula is C14H32Cl2N2O2. The summed E-state index contributed by atoms with van der Waals surface area (Å²) in [5.74, 6) is 0. The summed E-state index contributed by atoms with van der Waals surface area (Å²) in [6.45, 7) is 0. The number of rotatable bonds is 2. The van der Waals surface area contributed by atoms with Crippen molar-refractivity contribution < 1.29 is 9.47 Å². The molecule has 0 aromatic rings. The molecule has 0 saturated heterocycles. The third kappa shape index (κ3) is 9.37. The number of ether oxygens (including phenoxy) is 2. The number of hydrogen-bond donors (Lipinski definition) is 2. The van der Waals surface area contributed by atoms with E-state index in [4.69, 9.17) is 20.9 Å². The van der Waals surface area contributed by atoms with Crippen LogP contribution in [0.2, 0.25) is 0 Å². The highest BCUT2D eigenvalue weighted by Crippen LogP contribution is 2.19. The molecule has 0 amide bonds. The van der Waals surface area contributed by atoms with Gasteiger partial charge in [-0.15, -0.1) is 24.8 Å². The van der Waals surface area contributed by atoms with Crippen LogP contribution < -0.4 is 11.5 Å². The van der Waals surface area contributed by atoms with Gasteiger partial charge in [-0.05, 0) is 51.4 Å². The Morgan fingerprint density at radius 2 is 0.850 bits per heavy atom. The van der Waals surface area contributed by atoms with Crippen LogP contribution in [0.25, 0.3) is 0 Å². The van der Waals surface area contributed by atoms with E-state index in [9.17, 15) is 0 Å². The van der Waals surface area contributed by atoms with E-state index in [0.29, 0.717) is 24.3 Å². The topological polar surface area (TPSA) is 70.5 Å². The number of halogens is 2. The molecule has 6 heteroatoms. The summed E-state index contributed by atoms with van der Waals surface area (Å²) in [7, 11) is 3.56. The van der Waals surface area contributed by atoms with Gasteiger partial charge in [0.2, 0.25) is 0 Å². The first-order valence-corrected chi connectivity index (χ1v) is 7.22. The van der Waals surface area contributed by atoms with Crippen LogP contribution >= 0.6 is 24.8 Å². The van der Waals surface area contributed by atoms with E-state index in [-0.39, 0.29) is 24.8 Å². The monoisotopic (exact) mass is 330 g/mol. The van der Waals surface area contributed by atoms with Crippen molar-refractivity contribution in [3.05, 3.63) is 0 Å². The van der Waals surface area contributed by atoms with Crippen LogP contribution in [0.4, 0.5) is 0 Å². The molecule has 20 heavy (non-hydrogen) atoms. The third-order valence-electron chi connectivity index (χ3n) is 4.10. The Balaban J connectivity index is 0. The van der Waals surface area contributed by atoms with Crippen molar-refractivity contribution in [3.63, 3.8) is 0 Å². The van der Waals surface area contributed by atoms with Crippen molar-refractivity contribution in [3.8, 4) is 0 Å². The molecule has 2 aliphatic carbocycles. The van der Waals surface area contributed by atoms with Gasteiger partial charge in [0.1, 0.15) is 0 Å². The predicted octanol–water partition coefficient (Wildman–Crippen LogP) is 2.65. The van der Waals surface area contributed by atoms with E-state index in [2.05, 4.69) is 0 Å². The zero-order valence-electron chi connectivity index (χ0n) is 12.8. The van der Waals surface area contributed by atoms with Crippen molar-refractivity contribution in [2.24, 2.45) is 11.5 Å². The fourth-order valence-corrected chi connectivity index (χ4v) is 2.65. The fourth-order valence-electron chi connectivity index (χ4n) is 2.65. The lowest BCUT2D eigenvalue weighted by Crippen LogP contribution is -2.29. The molecule has 0 aliphatic heterocycles. The van der Waals surface area contributed by atoms with Gasteiger partial charge in [0.15, 0.2) is 0 Å². The Bertz CT molecular complexity index is 185. The minimum Gasteiger partial charge on any atom is -0.381 e. The van der Waals surface area contributed by atoms with Crippen LogP contribution in [0.3, 0.4) is 0 Å². The summed E-state index contributed by atoms with van der Waals surface area (Å²) in [6.07, 6.45) is 10.1. The Hall–Kier alpha value is 0.420. The average molecular weight is 331 g/mol. The van der Waals surface area contributed by atoms with Gasteiger partial charge in [0, 0.05) is 26.3 Å². The van der Waals surface area contributed by atoms with Gasteiger partial charge in [-0.1, -0.05) is 0 Å². The highest BCUT2D eigenvalue weighted by Gasteiger charge is 2.17. The molecule has 2 fully saturated rings.